The molecule has 6 heteroatoms. The van der Waals surface area contributed by atoms with Crippen LogP contribution in [0.25, 0.3) is 6.08 Å². The van der Waals surface area contributed by atoms with Gasteiger partial charge >= 0.3 is 6.18 Å². The summed E-state index contributed by atoms with van der Waals surface area (Å²) in [6, 6.07) is 18.7. The molecule has 0 bridgehead atoms. The summed E-state index contributed by atoms with van der Waals surface area (Å²) in [5.41, 5.74) is 1.73. The molecule has 3 nitrogen and oxygen atoms in total. The maximum absolute atomic E-state index is 13.0. The number of hydrogen-bond acceptors (Lipinski definition) is 1. The molecule has 0 atom stereocenters. The van der Waals surface area contributed by atoms with Gasteiger partial charge in [0.05, 0.1) is 12.1 Å². The van der Waals surface area contributed by atoms with Gasteiger partial charge in [-0.25, -0.2) is 0 Å². The first-order valence-corrected chi connectivity index (χ1v) is 10.7. The van der Waals surface area contributed by atoms with E-state index in [-0.39, 0.29) is 5.91 Å². The first-order valence-electron chi connectivity index (χ1n) is 10.7. The van der Waals surface area contributed by atoms with Crippen LogP contribution in [0.1, 0.15) is 42.1 Å². The molecule has 0 aliphatic heterocycles. The van der Waals surface area contributed by atoms with Crippen molar-refractivity contribution in [2.75, 3.05) is 6.54 Å². The zero-order chi connectivity index (χ0) is 23.0. The number of aromatic nitrogens is 1. The molecule has 32 heavy (non-hydrogen) atoms. The average Bonchev–Trinajstić information content (AvgIpc) is 3.21. The van der Waals surface area contributed by atoms with Gasteiger partial charge in [-0.3, -0.25) is 4.79 Å². The van der Waals surface area contributed by atoms with E-state index in [0.29, 0.717) is 25.2 Å². The highest BCUT2D eigenvalue weighted by molar-refractivity contribution is 5.91. The Morgan fingerprint density at radius 2 is 1.81 bits per heavy atom. The third kappa shape index (κ3) is 6.61. The van der Waals surface area contributed by atoms with Gasteiger partial charge in [-0.2, -0.15) is 13.2 Å². The van der Waals surface area contributed by atoms with E-state index in [2.05, 4.69) is 6.92 Å². The molecule has 0 unspecified atom stereocenters. The van der Waals surface area contributed by atoms with Gasteiger partial charge in [0.2, 0.25) is 5.91 Å². The monoisotopic (exact) mass is 440 g/mol. The Kier molecular flexibility index (Phi) is 7.92. The van der Waals surface area contributed by atoms with Crippen LogP contribution < -0.4 is 0 Å². The number of carbonyl (C=O) groups excluding carboxylic acids is 1. The number of carbonyl (C=O) groups is 1. The summed E-state index contributed by atoms with van der Waals surface area (Å²) >= 11 is 0. The number of nitrogens with zero attached hydrogens (tertiary/aromatic N) is 2. The lowest BCUT2D eigenvalue weighted by Crippen LogP contribution is -2.31. The second-order valence-corrected chi connectivity index (χ2v) is 7.68. The second-order valence-electron chi connectivity index (χ2n) is 7.68. The molecular formula is C26H27F3N2O. The van der Waals surface area contributed by atoms with Gasteiger partial charge < -0.3 is 9.47 Å². The molecule has 0 radical (unpaired) electrons. The van der Waals surface area contributed by atoms with Crippen LogP contribution in [0.4, 0.5) is 13.2 Å². The second kappa shape index (κ2) is 10.8. The van der Waals surface area contributed by atoms with Crippen molar-refractivity contribution in [1.82, 2.24) is 9.47 Å². The minimum Gasteiger partial charge on any atom is -0.345 e. The van der Waals surface area contributed by atoms with E-state index in [1.165, 1.54) is 12.1 Å². The zero-order valence-corrected chi connectivity index (χ0v) is 18.1. The molecule has 3 aromatic rings. The van der Waals surface area contributed by atoms with Gasteiger partial charge in [-0.1, -0.05) is 55.8 Å². The first kappa shape index (κ1) is 23.4. The summed E-state index contributed by atoms with van der Waals surface area (Å²) in [5.74, 6) is -0.0888. The number of unbranched alkanes of at least 4 members (excludes halogenated alkanes) is 1. The van der Waals surface area contributed by atoms with Crippen LogP contribution in [-0.4, -0.2) is 21.9 Å². The minimum atomic E-state index is -4.37. The predicted octanol–water partition coefficient (Wildman–Crippen LogP) is 6.40. The molecule has 0 fully saturated rings. The molecule has 0 aliphatic carbocycles. The van der Waals surface area contributed by atoms with E-state index in [1.54, 1.807) is 23.1 Å². The fraction of sp³-hybridized carbons (Fsp3) is 0.269. The van der Waals surface area contributed by atoms with Gasteiger partial charge in [-0.05, 0) is 47.9 Å². The van der Waals surface area contributed by atoms with E-state index in [9.17, 15) is 18.0 Å². The van der Waals surface area contributed by atoms with Crippen LogP contribution >= 0.6 is 0 Å². The first-order chi connectivity index (χ1) is 15.4. The summed E-state index contributed by atoms with van der Waals surface area (Å²) in [5, 5.41) is 0. The standard InChI is InChI=1S/C26H27F3N2O/c1-2-3-16-31(25(32)15-14-21-9-5-4-6-10-21)20-24-13-8-17-30(24)19-22-11-7-12-23(18-22)26(27,28)29/h4-15,17-18H,2-3,16,19-20H2,1H3. The van der Waals surface area contributed by atoms with Crippen molar-refractivity contribution in [1.29, 1.82) is 0 Å². The molecule has 2 aromatic carbocycles. The van der Waals surface area contributed by atoms with Crippen molar-refractivity contribution in [3.05, 3.63) is 101 Å². The van der Waals surface area contributed by atoms with Crippen LogP contribution in [0.2, 0.25) is 0 Å². The topological polar surface area (TPSA) is 25.2 Å². The number of alkyl halides is 3. The van der Waals surface area contributed by atoms with Gasteiger partial charge in [0.15, 0.2) is 0 Å². The van der Waals surface area contributed by atoms with Crippen molar-refractivity contribution in [3.8, 4) is 0 Å². The molecule has 168 valence electrons. The number of benzene rings is 2. The Morgan fingerprint density at radius 1 is 1.03 bits per heavy atom. The summed E-state index contributed by atoms with van der Waals surface area (Å²) in [6.45, 7) is 3.38. The number of amides is 1. The molecule has 0 aliphatic rings. The van der Waals surface area contributed by atoms with E-state index in [0.717, 1.165) is 30.2 Å². The van der Waals surface area contributed by atoms with E-state index in [4.69, 9.17) is 0 Å². The largest absolute Gasteiger partial charge is 0.416 e. The van der Waals surface area contributed by atoms with Crippen LogP contribution in [0.5, 0.6) is 0 Å². The maximum atomic E-state index is 13.0. The van der Waals surface area contributed by atoms with Crippen LogP contribution in [0, 0.1) is 0 Å². The Labute approximate surface area is 186 Å². The minimum absolute atomic E-state index is 0.0888. The highest BCUT2D eigenvalue weighted by atomic mass is 19.4. The average molecular weight is 441 g/mol. The fourth-order valence-electron chi connectivity index (χ4n) is 3.44. The highest BCUT2D eigenvalue weighted by Crippen LogP contribution is 2.29. The predicted molar refractivity (Wildman–Crippen MR) is 121 cm³/mol. The Bertz CT molecular complexity index is 1040. The number of hydrogen-bond donors (Lipinski definition) is 0. The third-order valence-electron chi connectivity index (χ3n) is 5.19. The fourth-order valence-corrected chi connectivity index (χ4v) is 3.44. The molecule has 0 spiro atoms. The van der Waals surface area contributed by atoms with Crippen LogP contribution in [0.15, 0.2) is 79.0 Å². The van der Waals surface area contributed by atoms with Gasteiger partial charge in [0, 0.05) is 31.1 Å². The summed E-state index contributed by atoms with van der Waals surface area (Å²) in [6.07, 6.45) is 2.66. The Hall–Kier alpha value is -3.28. The van der Waals surface area contributed by atoms with Crippen molar-refractivity contribution in [3.63, 3.8) is 0 Å². The van der Waals surface area contributed by atoms with Crippen molar-refractivity contribution in [2.45, 2.75) is 39.0 Å². The summed E-state index contributed by atoms with van der Waals surface area (Å²) < 4.78 is 41.0. The SMILES string of the molecule is CCCCN(Cc1cccn1Cc1cccc(C(F)(F)F)c1)C(=O)C=Cc1ccccc1. The molecule has 1 heterocycles. The quantitative estimate of drug-likeness (QED) is 0.354. The lowest BCUT2D eigenvalue weighted by Gasteiger charge is -2.22. The molecule has 0 N–H and O–H groups in total. The summed E-state index contributed by atoms with van der Waals surface area (Å²) in [7, 11) is 0. The highest BCUT2D eigenvalue weighted by Gasteiger charge is 2.30. The Morgan fingerprint density at radius 3 is 2.53 bits per heavy atom. The van der Waals surface area contributed by atoms with Gasteiger partial charge in [0.25, 0.3) is 0 Å². The van der Waals surface area contributed by atoms with Crippen molar-refractivity contribution < 1.29 is 18.0 Å². The normalized spacial score (nSPS) is 11.8. The molecule has 0 saturated carbocycles. The van der Waals surface area contributed by atoms with Crippen molar-refractivity contribution in [2.24, 2.45) is 0 Å². The summed E-state index contributed by atoms with van der Waals surface area (Å²) in [4.78, 5) is 14.7. The molecule has 0 saturated heterocycles. The molecular weight excluding hydrogens is 413 g/mol. The lowest BCUT2D eigenvalue weighted by atomic mass is 10.1. The molecule has 1 aromatic heterocycles. The van der Waals surface area contributed by atoms with Crippen LogP contribution in [-0.2, 0) is 24.1 Å². The van der Waals surface area contributed by atoms with E-state index < -0.39 is 11.7 Å². The number of rotatable bonds is 9. The van der Waals surface area contributed by atoms with Gasteiger partial charge in [-0.15, -0.1) is 0 Å². The van der Waals surface area contributed by atoms with Gasteiger partial charge in [0.1, 0.15) is 0 Å². The van der Waals surface area contributed by atoms with E-state index >= 15 is 0 Å². The maximum Gasteiger partial charge on any atom is 0.416 e. The van der Waals surface area contributed by atoms with Crippen molar-refractivity contribution >= 4 is 12.0 Å². The van der Waals surface area contributed by atoms with Crippen LogP contribution in [0.3, 0.4) is 0 Å². The zero-order valence-electron chi connectivity index (χ0n) is 18.1. The number of halogens is 3. The lowest BCUT2D eigenvalue weighted by molar-refractivity contribution is -0.137. The third-order valence-corrected chi connectivity index (χ3v) is 5.19. The smallest absolute Gasteiger partial charge is 0.345 e. The molecule has 3 rings (SSSR count). The van der Waals surface area contributed by atoms with E-state index in [1.807, 2.05) is 53.2 Å². The molecule has 1 amide bonds. The Balaban J connectivity index is 1.75.